The van der Waals surface area contributed by atoms with Gasteiger partial charge in [-0.3, -0.25) is 9.59 Å². The van der Waals surface area contributed by atoms with Gasteiger partial charge in [-0.1, -0.05) is 30.3 Å². The van der Waals surface area contributed by atoms with E-state index in [9.17, 15) is 14.4 Å². The summed E-state index contributed by atoms with van der Waals surface area (Å²) in [5, 5.41) is 5.33. The zero-order valence-corrected chi connectivity index (χ0v) is 16.7. The first-order valence-electron chi connectivity index (χ1n) is 9.01. The Hall–Kier alpha value is -3.16. The fourth-order valence-corrected chi connectivity index (χ4v) is 2.45. The molecule has 0 spiro atoms. The average molecular weight is 386 g/mol. The monoisotopic (exact) mass is 386 g/mol. The Bertz CT molecular complexity index is 839. The van der Waals surface area contributed by atoms with Crippen LogP contribution in [0.3, 0.4) is 0 Å². The Morgan fingerprint density at radius 1 is 1.04 bits per heavy atom. The molecule has 3 N–H and O–H groups in total. The molecule has 0 saturated heterocycles. The van der Waals surface area contributed by atoms with Crippen LogP contribution in [0, 0.1) is 0 Å². The van der Waals surface area contributed by atoms with Gasteiger partial charge in [-0.05, 0) is 40.2 Å². The van der Waals surface area contributed by atoms with Crippen molar-refractivity contribution in [1.82, 2.24) is 20.6 Å². The molecule has 0 bridgehead atoms. The molecule has 2 aromatic rings. The Balaban J connectivity index is 2.04. The molecule has 0 aliphatic carbocycles. The highest BCUT2D eigenvalue weighted by Crippen LogP contribution is 2.13. The summed E-state index contributed by atoms with van der Waals surface area (Å²) in [7, 11) is 0. The number of hydrogen-bond donors (Lipinski definition) is 3. The van der Waals surface area contributed by atoms with Crippen LogP contribution in [-0.4, -0.2) is 39.4 Å². The molecule has 2 rings (SSSR count). The van der Waals surface area contributed by atoms with Crippen molar-refractivity contribution in [3.8, 4) is 0 Å². The van der Waals surface area contributed by atoms with Gasteiger partial charge in [0, 0.05) is 0 Å². The maximum Gasteiger partial charge on any atom is 0.328 e. The maximum atomic E-state index is 12.6. The van der Waals surface area contributed by atoms with Gasteiger partial charge in [-0.2, -0.15) is 0 Å². The molecular weight excluding hydrogens is 360 g/mol. The van der Waals surface area contributed by atoms with Gasteiger partial charge in [0.1, 0.15) is 17.3 Å². The number of nitrogens with one attached hydrogen (secondary N) is 3. The number of ether oxygens (including phenoxy) is 1. The molecule has 2 amide bonds. The molecule has 1 heterocycles. The van der Waals surface area contributed by atoms with Crippen LogP contribution in [0.1, 0.15) is 67.2 Å². The van der Waals surface area contributed by atoms with E-state index in [2.05, 4.69) is 20.6 Å². The fourth-order valence-electron chi connectivity index (χ4n) is 2.45. The van der Waals surface area contributed by atoms with E-state index in [0.29, 0.717) is 0 Å². The molecule has 8 nitrogen and oxygen atoms in total. The third kappa shape index (κ3) is 5.67. The van der Waals surface area contributed by atoms with Crippen molar-refractivity contribution in [2.75, 3.05) is 0 Å². The number of H-pyrrole nitrogens is 1. The van der Waals surface area contributed by atoms with Crippen LogP contribution in [0.25, 0.3) is 0 Å². The molecule has 0 unspecified atom stereocenters. The highest BCUT2D eigenvalue weighted by atomic mass is 16.6. The molecule has 0 aliphatic heterocycles. The highest BCUT2D eigenvalue weighted by Gasteiger charge is 2.27. The fraction of sp³-hybridized carbons (Fsp3) is 0.400. The lowest BCUT2D eigenvalue weighted by Crippen LogP contribution is -2.43. The number of rotatable bonds is 6. The molecule has 0 fully saturated rings. The van der Waals surface area contributed by atoms with E-state index >= 15 is 0 Å². The highest BCUT2D eigenvalue weighted by molar-refractivity contribution is 6.05. The van der Waals surface area contributed by atoms with Gasteiger partial charge in [0.05, 0.1) is 12.4 Å². The van der Waals surface area contributed by atoms with E-state index in [1.807, 2.05) is 37.3 Å². The van der Waals surface area contributed by atoms with E-state index in [1.54, 1.807) is 20.8 Å². The summed E-state index contributed by atoms with van der Waals surface area (Å²) in [6.45, 7) is 8.57. The van der Waals surface area contributed by atoms with E-state index in [4.69, 9.17) is 4.74 Å². The minimum absolute atomic E-state index is 0.0247. The van der Waals surface area contributed by atoms with Crippen molar-refractivity contribution in [3.05, 3.63) is 53.6 Å². The molecule has 2 atom stereocenters. The SMILES string of the molecule is C[C@H](NC(=O)c1nc[nH]c1C(=O)N[C@@H](C)c1ccccc1)C(=O)OC(C)(C)C. The predicted molar refractivity (Wildman–Crippen MR) is 104 cm³/mol. The van der Waals surface area contributed by atoms with Crippen LogP contribution in [0.15, 0.2) is 36.7 Å². The van der Waals surface area contributed by atoms with Gasteiger partial charge in [-0.15, -0.1) is 0 Å². The number of imidazole rings is 1. The largest absolute Gasteiger partial charge is 0.458 e. The second kappa shape index (κ2) is 8.69. The first-order valence-corrected chi connectivity index (χ1v) is 9.01. The van der Waals surface area contributed by atoms with Crippen LogP contribution in [0.4, 0.5) is 0 Å². The normalized spacial score (nSPS) is 13.3. The Morgan fingerprint density at radius 3 is 2.29 bits per heavy atom. The number of esters is 1. The summed E-state index contributed by atoms with van der Waals surface area (Å²) >= 11 is 0. The number of aromatic nitrogens is 2. The van der Waals surface area contributed by atoms with Gasteiger partial charge in [0.25, 0.3) is 11.8 Å². The number of carbonyl (C=O) groups is 3. The van der Waals surface area contributed by atoms with Crippen molar-refractivity contribution >= 4 is 17.8 Å². The first kappa shape index (κ1) is 21.1. The molecule has 28 heavy (non-hydrogen) atoms. The summed E-state index contributed by atoms with van der Waals surface area (Å²) in [5.74, 6) is -1.68. The number of aromatic amines is 1. The molecular formula is C20H26N4O4. The molecule has 1 aromatic heterocycles. The van der Waals surface area contributed by atoms with Gasteiger partial charge in [0.2, 0.25) is 0 Å². The number of hydrogen-bond acceptors (Lipinski definition) is 5. The zero-order valence-electron chi connectivity index (χ0n) is 16.7. The maximum absolute atomic E-state index is 12.6. The minimum Gasteiger partial charge on any atom is -0.458 e. The van der Waals surface area contributed by atoms with E-state index in [-0.39, 0.29) is 17.4 Å². The lowest BCUT2D eigenvalue weighted by atomic mass is 10.1. The predicted octanol–water partition coefficient (Wildman–Crippen LogP) is 2.36. The summed E-state index contributed by atoms with van der Waals surface area (Å²) in [6, 6.07) is 8.30. The Labute approximate surface area is 164 Å². The first-order chi connectivity index (χ1) is 13.1. The second-order valence-corrected chi connectivity index (χ2v) is 7.46. The summed E-state index contributed by atoms with van der Waals surface area (Å²) in [5.41, 5.74) is 0.200. The second-order valence-electron chi connectivity index (χ2n) is 7.46. The van der Waals surface area contributed by atoms with Gasteiger partial charge < -0.3 is 20.4 Å². The molecule has 0 saturated carbocycles. The third-order valence-electron chi connectivity index (χ3n) is 3.84. The van der Waals surface area contributed by atoms with E-state index in [0.717, 1.165) is 5.56 Å². The van der Waals surface area contributed by atoms with E-state index in [1.165, 1.54) is 13.3 Å². The Kier molecular flexibility index (Phi) is 6.56. The molecule has 0 aliphatic rings. The minimum atomic E-state index is -0.887. The molecule has 0 radical (unpaired) electrons. The van der Waals surface area contributed by atoms with Gasteiger partial charge >= 0.3 is 5.97 Å². The molecule has 1 aromatic carbocycles. The number of benzene rings is 1. The topological polar surface area (TPSA) is 113 Å². The van der Waals surface area contributed by atoms with Crippen molar-refractivity contribution in [3.63, 3.8) is 0 Å². The van der Waals surface area contributed by atoms with Gasteiger partial charge in [0.15, 0.2) is 5.69 Å². The Morgan fingerprint density at radius 2 is 1.68 bits per heavy atom. The van der Waals surface area contributed by atoms with Crippen LogP contribution >= 0.6 is 0 Å². The van der Waals surface area contributed by atoms with Crippen molar-refractivity contribution in [1.29, 1.82) is 0 Å². The number of nitrogens with zero attached hydrogens (tertiary/aromatic N) is 1. The standard InChI is InChI=1S/C20H26N4O4/c1-12(14-9-7-6-8-10-14)23-17(25)15-16(22-11-21-15)18(26)24-13(2)19(27)28-20(3,4)5/h6-13H,1-5H3,(H,21,22)(H,23,25)(H,24,26)/t12-,13-/m0/s1. The van der Waals surface area contributed by atoms with Crippen LogP contribution in [-0.2, 0) is 9.53 Å². The number of carbonyl (C=O) groups excluding carboxylic acids is 3. The van der Waals surface area contributed by atoms with Crippen LogP contribution in [0.2, 0.25) is 0 Å². The van der Waals surface area contributed by atoms with E-state index < -0.39 is 29.4 Å². The summed E-state index contributed by atoms with van der Waals surface area (Å²) < 4.78 is 5.24. The van der Waals surface area contributed by atoms with Gasteiger partial charge in [-0.25, -0.2) is 9.78 Å². The lowest BCUT2D eigenvalue weighted by Gasteiger charge is -2.22. The quantitative estimate of drug-likeness (QED) is 0.660. The van der Waals surface area contributed by atoms with Crippen molar-refractivity contribution in [2.24, 2.45) is 0 Å². The van der Waals surface area contributed by atoms with Crippen molar-refractivity contribution < 1.29 is 19.1 Å². The van der Waals surface area contributed by atoms with Crippen molar-refractivity contribution in [2.45, 2.75) is 52.3 Å². The van der Waals surface area contributed by atoms with Crippen LogP contribution in [0.5, 0.6) is 0 Å². The summed E-state index contributed by atoms with van der Waals surface area (Å²) in [4.78, 5) is 43.7. The molecule has 8 heteroatoms. The lowest BCUT2D eigenvalue weighted by molar-refractivity contribution is -0.156. The summed E-state index contributed by atoms with van der Waals surface area (Å²) in [6.07, 6.45) is 1.26. The molecule has 150 valence electrons. The smallest absolute Gasteiger partial charge is 0.328 e. The third-order valence-corrected chi connectivity index (χ3v) is 3.84. The van der Waals surface area contributed by atoms with Crippen LogP contribution < -0.4 is 10.6 Å². The zero-order chi connectivity index (χ0) is 20.9. The average Bonchev–Trinajstić information content (AvgIpc) is 3.11. The number of amides is 2.